The molecule has 0 aliphatic heterocycles. The number of aromatic nitrogens is 4. The van der Waals surface area contributed by atoms with Gasteiger partial charge < -0.3 is 5.32 Å². The number of hydrogen-bond donors (Lipinski definition) is 1. The first kappa shape index (κ1) is 18.6. The fourth-order valence-corrected chi connectivity index (χ4v) is 3.24. The van der Waals surface area contributed by atoms with E-state index in [1.165, 1.54) is 10.7 Å². The minimum Gasteiger partial charge on any atom is -0.344 e. The Morgan fingerprint density at radius 2 is 1.79 bits per heavy atom. The highest BCUT2D eigenvalue weighted by Crippen LogP contribution is 2.20. The van der Waals surface area contributed by atoms with Gasteiger partial charge in [-0.3, -0.25) is 4.79 Å². The van der Waals surface area contributed by atoms with Crippen LogP contribution in [0.25, 0.3) is 11.4 Å². The molecule has 7 heteroatoms. The predicted octanol–water partition coefficient (Wildman–Crippen LogP) is 4.00. The molecule has 6 nitrogen and oxygen atoms in total. The van der Waals surface area contributed by atoms with Crippen LogP contribution in [0.15, 0.2) is 73.1 Å². The highest BCUT2D eigenvalue weighted by Gasteiger charge is 2.19. The highest BCUT2D eigenvalue weighted by molar-refractivity contribution is 5.92. The number of amides is 1. The Labute approximate surface area is 167 Å². The third kappa shape index (κ3) is 3.67. The van der Waals surface area contributed by atoms with Crippen LogP contribution in [0, 0.1) is 12.7 Å². The first-order valence-corrected chi connectivity index (χ1v) is 9.26. The normalized spacial score (nSPS) is 12.0. The molecule has 4 rings (SSSR count). The lowest BCUT2D eigenvalue weighted by Gasteiger charge is -2.13. The number of benzene rings is 2. The molecular weight excluding hydrogens is 369 g/mol. The number of rotatable bonds is 5. The summed E-state index contributed by atoms with van der Waals surface area (Å²) in [5, 5.41) is 11.6. The fraction of sp³-hybridized carbons (Fsp3) is 0.136. The molecule has 4 aromatic rings. The summed E-state index contributed by atoms with van der Waals surface area (Å²) >= 11 is 0. The van der Waals surface area contributed by atoms with E-state index in [-0.39, 0.29) is 17.6 Å². The predicted molar refractivity (Wildman–Crippen MR) is 108 cm³/mol. The van der Waals surface area contributed by atoms with Crippen LogP contribution in [-0.4, -0.2) is 25.5 Å². The monoisotopic (exact) mass is 389 g/mol. The lowest BCUT2D eigenvalue weighted by Crippen LogP contribution is -2.27. The lowest BCUT2D eigenvalue weighted by atomic mass is 10.1. The number of nitrogens with zero attached hydrogens (tertiary/aromatic N) is 4. The zero-order valence-electron chi connectivity index (χ0n) is 16.1. The summed E-state index contributed by atoms with van der Waals surface area (Å²) in [5.74, 6) is -0.737. The summed E-state index contributed by atoms with van der Waals surface area (Å²) in [6.45, 7) is 3.86. The molecule has 0 aliphatic rings. The standard InChI is InChI=1S/C22H20FN5O/c1-15(18-14-24-28(16(18)2)17-8-4-3-5-9-17)25-22(29)20-12-13-27(26-20)21-11-7-6-10-19(21)23/h3-15H,1-2H3,(H,25,29). The smallest absolute Gasteiger partial charge is 0.272 e. The number of para-hydroxylation sites is 2. The molecule has 0 spiro atoms. The van der Waals surface area contributed by atoms with Gasteiger partial charge in [-0.25, -0.2) is 13.8 Å². The summed E-state index contributed by atoms with van der Waals surface area (Å²) in [6.07, 6.45) is 3.32. The molecule has 0 saturated heterocycles. The van der Waals surface area contributed by atoms with E-state index in [9.17, 15) is 9.18 Å². The van der Waals surface area contributed by atoms with E-state index >= 15 is 0 Å². The molecule has 2 aromatic carbocycles. The van der Waals surface area contributed by atoms with Crippen LogP contribution in [0.4, 0.5) is 4.39 Å². The van der Waals surface area contributed by atoms with E-state index in [0.29, 0.717) is 5.69 Å². The van der Waals surface area contributed by atoms with Crippen molar-refractivity contribution in [3.8, 4) is 11.4 Å². The van der Waals surface area contributed by atoms with Crippen LogP contribution in [0.3, 0.4) is 0 Å². The van der Waals surface area contributed by atoms with E-state index < -0.39 is 5.82 Å². The van der Waals surface area contributed by atoms with Crippen molar-refractivity contribution in [1.82, 2.24) is 24.9 Å². The second-order valence-electron chi connectivity index (χ2n) is 6.72. The largest absolute Gasteiger partial charge is 0.344 e. The molecular formula is C22H20FN5O. The highest BCUT2D eigenvalue weighted by atomic mass is 19.1. The van der Waals surface area contributed by atoms with Gasteiger partial charge in [-0.1, -0.05) is 30.3 Å². The van der Waals surface area contributed by atoms with E-state index in [2.05, 4.69) is 15.5 Å². The second kappa shape index (κ2) is 7.71. The quantitative estimate of drug-likeness (QED) is 0.561. The van der Waals surface area contributed by atoms with Crippen molar-refractivity contribution in [3.63, 3.8) is 0 Å². The molecule has 0 fully saturated rings. The van der Waals surface area contributed by atoms with Gasteiger partial charge in [0.15, 0.2) is 5.69 Å². The second-order valence-corrected chi connectivity index (χ2v) is 6.72. The Morgan fingerprint density at radius 3 is 2.55 bits per heavy atom. The molecule has 1 unspecified atom stereocenters. The van der Waals surface area contributed by atoms with Gasteiger partial charge in [0.2, 0.25) is 0 Å². The molecule has 0 bridgehead atoms. The Kier molecular flexibility index (Phi) is 4.95. The number of carbonyl (C=O) groups excluding carboxylic acids is 1. The van der Waals surface area contributed by atoms with Crippen molar-refractivity contribution in [2.45, 2.75) is 19.9 Å². The van der Waals surface area contributed by atoms with Crippen molar-refractivity contribution >= 4 is 5.91 Å². The summed E-state index contributed by atoms with van der Waals surface area (Å²) in [5.41, 5.74) is 3.32. The molecule has 0 saturated carbocycles. The Hall–Kier alpha value is -3.74. The molecule has 29 heavy (non-hydrogen) atoms. The fourth-order valence-electron chi connectivity index (χ4n) is 3.24. The van der Waals surface area contributed by atoms with Crippen molar-refractivity contribution in [1.29, 1.82) is 0 Å². The van der Waals surface area contributed by atoms with Gasteiger partial charge in [0.05, 0.1) is 17.9 Å². The average molecular weight is 389 g/mol. The van der Waals surface area contributed by atoms with Gasteiger partial charge in [-0.15, -0.1) is 0 Å². The van der Waals surface area contributed by atoms with Crippen LogP contribution in [0.2, 0.25) is 0 Å². The van der Waals surface area contributed by atoms with Crippen LogP contribution >= 0.6 is 0 Å². The average Bonchev–Trinajstić information content (AvgIpc) is 3.36. The summed E-state index contributed by atoms with van der Waals surface area (Å²) in [6, 6.07) is 17.4. The topological polar surface area (TPSA) is 64.7 Å². The molecule has 1 amide bonds. The SMILES string of the molecule is Cc1c(C(C)NC(=O)c2ccn(-c3ccccc3F)n2)cnn1-c1ccccc1. The van der Waals surface area contributed by atoms with E-state index in [1.54, 1.807) is 36.7 Å². The summed E-state index contributed by atoms with van der Waals surface area (Å²) in [4.78, 5) is 12.6. The molecule has 1 N–H and O–H groups in total. The van der Waals surface area contributed by atoms with Crippen LogP contribution < -0.4 is 5.32 Å². The third-order valence-corrected chi connectivity index (χ3v) is 4.78. The summed E-state index contributed by atoms with van der Waals surface area (Å²) < 4.78 is 17.1. The number of hydrogen-bond acceptors (Lipinski definition) is 3. The number of halogens is 1. The Morgan fingerprint density at radius 1 is 1.07 bits per heavy atom. The molecule has 0 radical (unpaired) electrons. The van der Waals surface area contributed by atoms with Gasteiger partial charge in [0, 0.05) is 17.5 Å². The minimum absolute atomic E-state index is 0.216. The van der Waals surface area contributed by atoms with Gasteiger partial charge in [0.1, 0.15) is 11.5 Å². The zero-order chi connectivity index (χ0) is 20.4. The van der Waals surface area contributed by atoms with Crippen molar-refractivity contribution in [2.24, 2.45) is 0 Å². The lowest BCUT2D eigenvalue weighted by molar-refractivity contribution is 0.0934. The number of carbonyl (C=O) groups is 1. The first-order valence-electron chi connectivity index (χ1n) is 9.26. The van der Waals surface area contributed by atoms with Crippen molar-refractivity contribution in [3.05, 3.63) is 95.8 Å². The maximum Gasteiger partial charge on any atom is 0.272 e. The summed E-state index contributed by atoms with van der Waals surface area (Å²) in [7, 11) is 0. The molecule has 0 aliphatic carbocycles. The van der Waals surface area contributed by atoms with Crippen LogP contribution in [0.5, 0.6) is 0 Å². The molecule has 1 atom stereocenters. The minimum atomic E-state index is -0.403. The molecule has 146 valence electrons. The Bertz CT molecular complexity index is 1150. The van der Waals surface area contributed by atoms with Gasteiger partial charge in [-0.05, 0) is 44.2 Å². The number of nitrogens with one attached hydrogen (secondary N) is 1. The molecule has 2 heterocycles. The zero-order valence-corrected chi connectivity index (χ0v) is 16.1. The Balaban J connectivity index is 1.51. The van der Waals surface area contributed by atoms with E-state index in [0.717, 1.165) is 16.9 Å². The van der Waals surface area contributed by atoms with Gasteiger partial charge >= 0.3 is 0 Å². The van der Waals surface area contributed by atoms with E-state index in [4.69, 9.17) is 0 Å². The van der Waals surface area contributed by atoms with Crippen molar-refractivity contribution < 1.29 is 9.18 Å². The van der Waals surface area contributed by atoms with Crippen LogP contribution in [0.1, 0.15) is 34.7 Å². The first-order chi connectivity index (χ1) is 14.0. The maximum absolute atomic E-state index is 13.9. The van der Waals surface area contributed by atoms with Gasteiger partial charge in [-0.2, -0.15) is 10.2 Å². The van der Waals surface area contributed by atoms with E-state index in [1.807, 2.05) is 48.9 Å². The maximum atomic E-state index is 13.9. The van der Waals surface area contributed by atoms with Crippen LogP contribution in [-0.2, 0) is 0 Å². The van der Waals surface area contributed by atoms with Crippen molar-refractivity contribution in [2.75, 3.05) is 0 Å². The molecule has 2 aromatic heterocycles. The third-order valence-electron chi connectivity index (χ3n) is 4.78. The van der Waals surface area contributed by atoms with Gasteiger partial charge in [0.25, 0.3) is 5.91 Å².